The van der Waals surface area contributed by atoms with E-state index in [0.29, 0.717) is 25.0 Å². The van der Waals surface area contributed by atoms with Crippen molar-refractivity contribution >= 4 is 5.97 Å². The van der Waals surface area contributed by atoms with Gasteiger partial charge in [-0.15, -0.1) is 0 Å². The van der Waals surface area contributed by atoms with E-state index in [1.165, 1.54) is 13.5 Å². The van der Waals surface area contributed by atoms with Gasteiger partial charge in [0, 0.05) is 13.7 Å². The van der Waals surface area contributed by atoms with E-state index in [1.807, 2.05) is 0 Å². The summed E-state index contributed by atoms with van der Waals surface area (Å²) < 4.78 is 10.0. The van der Waals surface area contributed by atoms with Crippen LogP contribution in [0.4, 0.5) is 0 Å². The zero-order valence-corrected chi connectivity index (χ0v) is 11.4. The Labute approximate surface area is 104 Å². The standard InChI is InChI=1S/C13H25NO3/c1-10-7-11(2)9-13(8-10,12(15)17-4)14-5-6-16-3/h10-11,14H,5-9H2,1-4H3. The molecule has 1 aliphatic carbocycles. The van der Waals surface area contributed by atoms with E-state index in [2.05, 4.69) is 19.2 Å². The molecule has 4 heteroatoms. The van der Waals surface area contributed by atoms with Crippen LogP contribution < -0.4 is 5.32 Å². The molecule has 0 aliphatic heterocycles. The third kappa shape index (κ3) is 3.68. The molecule has 1 aliphatic rings. The highest BCUT2D eigenvalue weighted by atomic mass is 16.5. The Balaban J connectivity index is 2.73. The predicted octanol–water partition coefficient (Wildman–Crippen LogP) is 1.59. The predicted molar refractivity (Wildman–Crippen MR) is 66.8 cm³/mol. The monoisotopic (exact) mass is 243 g/mol. The Morgan fingerprint density at radius 3 is 2.35 bits per heavy atom. The summed E-state index contributed by atoms with van der Waals surface area (Å²) in [6.45, 7) is 5.70. The molecule has 17 heavy (non-hydrogen) atoms. The minimum atomic E-state index is -0.510. The van der Waals surface area contributed by atoms with Gasteiger partial charge in [0.25, 0.3) is 0 Å². The summed E-state index contributed by atoms with van der Waals surface area (Å²) in [5.74, 6) is 0.966. The molecule has 1 saturated carbocycles. The number of ether oxygens (including phenoxy) is 2. The molecule has 0 bridgehead atoms. The Kier molecular flexibility index (Phi) is 5.40. The highest BCUT2D eigenvalue weighted by Gasteiger charge is 2.44. The number of hydrogen-bond donors (Lipinski definition) is 1. The van der Waals surface area contributed by atoms with Crippen LogP contribution in [0.25, 0.3) is 0 Å². The van der Waals surface area contributed by atoms with Crippen LogP contribution in [0, 0.1) is 11.8 Å². The zero-order chi connectivity index (χ0) is 12.9. The fraction of sp³-hybridized carbons (Fsp3) is 0.923. The van der Waals surface area contributed by atoms with Gasteiger partial charge in [0.2, 0.25) is 0 Å². The first kappa shape index (κ1) is 14.5. The SMILES string of the molecule is COCCNC1(C(=O)OC)CC(C)CC(C)C1. The lowest BCUT2D eigenvalue weighted by Crippen LogP contribution is -2.57. The Morgan fingerprint density at radius 1 is 1.29 bits per heavy atom. The van der Waals surface area contributed by atoms with Gasteiger partial charge in [-0.25, -0.2) is 0 Å². The molecule has 1 fully saturated rings. The van der Waals surface area contributed by atoms with Crippen molar-refractivity contribution < 1.29 is 14.3 Å². The molecule has 0 aromatic carbocycles. The van der Waals surface area contributed by atoms with Crippen molar-refractivity contribution in [3.63, 3.8) is 0 Å². The zero-order valence-electron chi connectivity index (χ0n) is 11.4. The number of hydrogen-bond acceptors (Lipinski definition) is 4. The molecule has 0 amide bonds. The molecular weight excluding hydrogens is 218 g/mol. The first-order valence-corrected chi connectivity index (χ1v) is 6.36. The fourth-order valence-electron chi connectivity index (χ4n) is 3.10. The minimum absolute atomic E-state index is 0.132. The van der Waals surface area contributed by atoms with E-state index >= 15 is 0 Å². The van der Waals surface area contributed by atoms with Gasteiger partial charge in [0.1, 0.15) is 5.54 Å². The molecule has 100 valence electrons. The van der Waals surface area contributed by atoms with E-state index in [-0.39, 0.29) is 5.97 Å². The third-order valence-corrected chi connectivity index (χ3v) is 3.54. The minimum Gasteiger partial charge on any atom is -0.468 e. The van der Waals surface area contributed by atoms with Crippen LogP contribution in [-0.4, -0.2) is 38.9 Å². The second-order valence-electron chi connectivity index (χ2n) is 5.35. The summed E-state index contributed by atoms with van der Waals surface area (Å²) in [4.78, 5) is 12.0. The summed E-state index contributed by atoms with van der Waals surface area (Å²) in [6.07, 6.45) is 2.89. The van der Waals surface area contributed by atoms with Gasteiger partial charge >= 0.3 is 5.97 Å². The van der Waals surface area contributed by atoms with Crippen molar-refractivity contribution in [1.82, 2.24) is 5.32 Å². The quantitative estimate of drug-likeness (QED) is 0.588. The number of methoxy groups -OCH3 is 2. The molecule has 0 heterocycles. The first-order valence-electron chi connectivity index (χ1n) is 6.36. The maximum absolute atomic E-state index is 12.0. The number of carbonyl (C=O) groups excluding carboxylic acids is 1. The number of nitrogens with one attached hydrogen (secondary N) is 1. The van der Waals surface area contributed by atoms with Gasteiger partial charge in [-0.2, -0.15) is 0 Å². The average Bonchev–Trinajstić information content (AvgIpc) is 2.27. The van der Waals surface area contributed by atoms with Crippen molar-refractivity contribution in [2.45, 2.75) is 38.6 Å². The molecule has 0 aromatic rings. The van der Waals surface area contributed by atoms with Gasteiger partial charge in [-0.3, -0.25) is 10.1 Å². The van der Waals surface area contributed by atoms with Crippen molar-refractivity contribution in [1.29, 1.82) is 0 Å². The molecule has 1 N–H and O–H groups in total. The van der Waals surface area contributed by atoms with Gasteiger partial charge in [-0.05, 0) is 31.1 Å². The van der Waals surface area contributed by atoms with E-state index in [1.54, 1.807) is 7.11 Å². The molecule has 0 saturated heterocycles. The van der Waals surface area contributed by atoms with E-state index in [0.717, 1.165) is 12.8 Å². The largest absolute Gasteiger partial charge is 0.468 e. The maximum Gasteiger partial charge on any atom is 0.326 e. The van der Waals surface area contributed by atoms with E-state index < -0.39 is 5.54 Å². The average molecular weight is 243 g/mol. The first-order chi connectivity index (χ1) is 8.04. The van der Waals surface area contributed by atoms with Gasteiger partial charge in [0.05, 0.1) is 13.7 Å². The van der Waals surface area contributed by atoms with Gasteiger partial charge in [-0.1, -0.05) is 13.8 Å². The molecule has 2 atom stereocenters. The lowest BCUT2D eigenvalue weighted by Gasteiger charge is -2.41. The normalized spacial score (nSPS) is 33.4. The summed E-state index contributed by atoms with van der Waals surface area (Å²) in [6, 6.07) is 0. The van der Waals surface area contributed by atoms with Crippen LogP contribution in [0.5, 0.6) is 0 Å². The molecule has 0 aromatic heterocycles. The molecule has 1 rings (SSSR count). The number of rotatable bonds is 5. The van der Waals surface area contributed by atoms with Crippen LogP contribution in [0.15, 0.2) is 0 Å². The summed E-state index contributed by atoms with van der Waals surface area (Å²) >= 11 is 0. The number of esters is 1. The summed E-state index contributed by atoms with van der Waals surface area (Å²) in [5.41, 5.74) is -0.510. The van der Waals surface area contributed by atoms with Gasteiger partial charge < -0.3 is 9.47 Å². The van der Waals surface area contributed by atoms with E-state index in [9.17, 15) is 4.79 Å². The second-order valence-corrected chi connectivity index (χ2v) is 5.35. The lowest BCUT2D eigenvalue weighted by molar-refractivity contribution is -0.152. The van der Waals surface area contributed by atoms with Gasteiger partial charge in [0.15, 0.2) is 0 Å². The van der Waals surface area contributed by atoms with Crippen molar-refractivity contribution in [3.8, 4) is 0 Å². The Morgan fingerprint density at radius 2 is 1.88 bits per heavy atom. The maximum atomic E-state index is 12.0. The Hall–Kier alpha value is -0.610. The number of carbonyl (C=O) groups is 1. The van der Waals surface area contributed by atoms with Crippen LogP contribution in [0.2, 0.25) is 0 Å². The van der Waals surface area contributed by atoms with Crippen LogP contribution in [0.3, 0.4) is 0 Å². The lowest BCUT2D eigenvalue weighted by atomic mass is 9.71. The summed E-state index contributed by atoms with van der Waals surface area (Å²) in [7, 11) is 3.13. The van der Waals surface area contributed by atoms with Crippen molar-refractivity contribution in [2.24, 2.45) is 11.8 Å². The molecule has 0 radical (unpaired) electrons. The fourth-order valence-corrected chi connectivity index (χ4v) is 3.10. The second kappa shape index (κ2) is 6.36. The van der Waals surface area contributed by atoms with Crippen molar-refractivity contribution in [2.75, 3.05) is 27.4 Å². The summed E-state index contributed by atoms with van der Waals surface area (Å²) in [5, 5.41) is 3.35. The van der Waals surface area contributed by atoms with Crippen LogP contribution >= 0.6 is 0 Å². The molecule has 0 spiro atoms. The smallest absolute Gasteiger partial charge is 0.326 e. The molecule has 4 nitrogen and oxygen atoms in total. The van der Waals surface area contributed by atoms with Crippen molar-refractivity contribution in [3.05, 3.63) is 0 Å². The van der Waals surface area contributed by atoms with E-state index in [4.69, 9.17) is 9.47 Å². The van der Waals surface area contributed by atoms with Crippen LogP contribution in [-0.2, 0) is 14.3 Å². The highest BCUT2D eigenvalue weighted by molar-refractivity contribution is 5.81. The topological polar surface area (TPSA) is 47.6 Å². The molecule has 2 unspecified atom stereocenters. The highest BCUT2D eigenvalue weighted by Crippen LogP contribution is 2.36. The Bertz CT molecular complexity index is 245. The van der Waals surface area contributed by atoms with Crippen LogP contribution in [0.1, 0.15) is 33.1 Å². The third-order valence-electron chi connectivity index (χ3n) is 3.54. The molecular formula is C13H25NO3.